The smallest absolute Gasteiger partial charge is 0.282 e. The van der Waals surface area contributed by atoms with E-state index in [0.717, 1.165) is 11.3 Å². The molecule has 2 N–H and O–H groups in total. The molecule has 0 bridgehead atoms. The fourth-order valence-electron chi connectivity index (χ4n) is 2.16. The van der Waals surface area contributed by atoms with Gasteiger partial charge in [0.25, 0.3) is 5.92 Å². The van der Waals surface area contributed by atoms with E-state index in [4.69, 9.17) is 5.84 Å². The van der Waals surface area contributed by atoms with Crippen LogP contribution in [0.1, 0.15) is 11.3 Å². The molecule has 0 amide bonds. The molecule has 0 aromatic carbocycles. The minimum absolute atomic E-state index is 0.294. The van der Waals surface area contributed by atoms with Crippen LogP contribution in [0.4, 0.5) is 8.78 Å². The average molecular weight is 283 g/mol. The number of aliphatic imine (C=N–C) groups is 1. The summed E-state index contributed by atoms with van der Waals surface area (Å²) in [7, 11) is 3.53. The van der Waals surface area contributed by atoms with Crippen molar-refractivity contribution < 1.29 is 8.78 Å². The molecular formula is C13H19F2N5. The van der Waals surface area contributed by atoms with E-state index in [1.165, 1.54) is 9.91 Å². The monoisotopic (exact) mass is 283 g/mol. The summed E-state index contributed by atoms with van der Waals surface area (Å²) >= 11 is 0. The zero-order valence-electron chi connectivity index (χ0n) is 11.9. The molecule has 0 saturated carbocycles. The summed E-state index contributed by atoms with van der Waals surface area (Å²) < 4.78 is 27.6. The number of nitrogens with two attached hydrogens (primary N) is 1. The van der Waals surface area contributed by atoms with Crippen molar-refractivity contribution in [2.75, 3.05) is 20.1 Å². The maximum atomic E-state index is 12.9. The molecule has 7 heteroatoms. The van der Waals surface area contributed by atoms with E-state index >= 15 is 0 Å². The van der Waals surface area contributed by atoms with Crippen LogP contribution in [0, 0.1) is 6.92 Å². The topological polar surface area (TPSA) is 49.8 Å². The van der Waals surface area contributed by atoms with Gasteiger partial charge in [0.15, 0.2) is 5.84 Å². The summed E-state index contributed by atoms with van der Waals surface area (Å²) in [5.74, 6) is 3.93. The van der Waals surface area contributed by atoms with Crippen LogP contribution in [0.15, 0.2) is 29.7 Å². The molecule has 0 aliphatic carbocycles. The first kappa shape index (κ1) is 14.5. The molecule has 110 valence electrons. The largest absolute Gasteiger partial charge is 0.348 e. The zero-order chi connectivity index (χ0) is 15.1. The van der Waals surface area contributed by atoms with E-state index in [1.54, 1.807) is 7.05 Å². The highest BCUT2D eigenvalue weighted by atomic mass is 19.3. The van der Waals surface area contributed by atoms with Gasteiger partial charge in [-0.2, -0.15) is 0 Å². The van der Waals surface area contributed by atoms with Gasteiger partial charge in [-0.3, -0.25) is 5.01 Å². The molecular weight excluding hydrogens is 264 g/mol. The van der Waals surface area contributed by atoms with Crippen molar-refractivity contribution in [2.45, 2.75) is 12.8 Å². The van der Waals surface area contributed by atoms with Crippen LogP contribution in [0.2, 0.25) is 0 Å². The second-order valence-corrected chi connectivity index (χ2v) is 5.19. The summed E-state index contributed by atoms with van der Waals surface area (Å²) in [5, 5.41) is 1.36. The van der Waals surface area contributed by atoms with Gasteiger partial charge in [0, 0.05) is 20.3 Å². The Bertz CT molecular complexity index is 551. The maximum absolute atomic E-state index is 12.9. The highest BCUT2D eigenvalue weighted by Gasteiger charge is 2.44. The molecule has 5 nitrogen and oxygen atoms in total. The molecule has 0 radical (unpaired) electrons. The van der Waals surface area contributed by atoms with Crippen LogP contribution in [0.5, 0.6) is 0 Å². The predicted molar refractivity (Wildman–Crippen MR) is 74.3 cm³/mol. The summed E-state index contributed by atoms with van der Waals surface area (Å²) in [6.07, 6.45) is 1.94. The van der Waals surface area contributed by atoms with Gasteiger partial charge in [0.2, 0.25) is 0 Å². The van der Waals surface area contributed by atoms with Gasteiger partial charge in [-0.15, -0.1) is 0 Å². The lowest BCUT2D eigenvalue weighted by Crippen LogP contribution is -2.55. The molecule has 1 fully saturated rings. The first-order chi connectivity index (χ1) is 9.19. The highest BCUT2D eigenvalue weighted by molar-refractivity contribution is 5.97. The van der Waals surface area contributed by atoms with E-state index in [9.17, 15) is 8.78 Å². The van der Waals surface area contributed by atoms with Gasteiger partial charge < -0.3 is 9.47 Å². The van der Waals surface area contributed by atoms with Crippen molar-refractivity contribution in [1.29, 1.82) is 0 Å². The van der Waals surface area contributed by atoms with Gasteiger partial charge in [0.1, 0.15) is 5.82 Å². The molecule has 2 rings (SSSR count). The number of hydrogen-bond donors (Lipinski definition) is 1. The molecule has 1 aromatic rings. The van der Waals surface area contributed by atoms with Gasteiger partial charge in [-0.05, 0) is 18.6 Å². The van der Waals surface area contributed by atoms with Gasteiger partial charge in [0.05, 0.1) is 18.8 Å². The third-order valence-electron chi connectivity index (χ3n) is 3.15. The van der Waals surface area contributed by atoms with E-state index in [-0.39, 0.29) is 13.1 Å². The zero-order valence-corrected chi connectivity index (χ0v) is 11.9. The first-order valence-electron chi connectivity index (χ1n) is 6.22. The summed E-state index contributed by atoms with van der Waals surface area (Å²) in [6.45, 7) is 5.01. The Hall–Kier alpha value is -1.89. The van der Waals surface area contributed by atoms with Crippen molar-refractivity contribution in [3.8, 4) is 0 Å². The van der Waals surface area contributed by atoms with E-state index < -0.39 is 5.92 Å². The molecule has 1 aromatic heterocycles. The average Bonchev–Trinajstić information content (AvgIpc) is 2.61. The summed E-state index contributed by atoms with van der Waals surface area (Å²) in [5.41, 5.74) is 1.87. The van der Waals surface area contributed by atoms with Crippen molar-refractivity contribution in [3.63, 3.8) is 0 Å². The fourth-order valence-corrected chi connectivity index (χ4v) is 2.16. The number of aromatic nitrogens is 1. The number of hydrogen-bond acceptors (Lipinski definition) is 3. The number of alkyl halides is 2. The summed E-state index contributed by atoms with van der Waals surface area (Å²) in [6, 6.07) is 1.93. The van der Waals surface area contributed by atoms with E-state index in [0.29, 0.717) is 11.7 Å². The van der Waals surface area contributed by atoms with E-state index in [1.807, 2.05) is 30.8 Å². The first-order valence-corrected chi connectivity index (χ1v) is 6.22. The lowest BCUT2D eigenvalue weighted by molar-refractivity contribution is -0.116. The van der Waals surface area contributed by atoms with Crippen LogP contribution < -0.4 is 5.84 Å². The van der Waals surface area contributed by atoms with Crippen molar-refractivity contribution in [2.24, 2.45) is 17.9 Å². The second-order valence-electron chi connectivity index (χ2n) is 5.19. The van der Waals surface area contributed by atoms with Crippen LogP contribution in [0.3, 0.4) is 0 Å². The van der Waals surface area contributed by atoms with Gasteiger partial charge >= 0.3 is 0 Å². The van der Waals surface area contributed by atoms with Crippen LogP contribution in [0.25, 0.3) is 0 Å². The minimum Gasteiger partial charge on any atom is -0.348 e. The Morgan fingerprint density at radius 1 is 1.50 bits per heavy atom. The second kappa shape index (κ2) is 4.90. The number of nitrogens with zero attached hydrogens (tertiary/aromatic N) is 4. The highest BCUT2D eigenvalue weighted by Crippen LogP contribution is 2.29. The standard InChI is InChI=1S/C13H19F2N5/c1-9-5-11(18(3)6-9)12(19(4)16)17-10(2)20-7-13(14,15)8-20/h5-6H,2,7-8,16H2,1,3-4H3/b17-12+. The van der Waals surface area contributed by atoms with Crippen LogP contribution in [-0.2, 0) is 7.05 Å². The van der Waals surface area contributed by atoms with Crippen molar-refractivity contribution in [3.05, 3.63) is 35.9 Å². The minimum atomic E-state index is -2.64. The van der Waals surface area contributed by atoms with Crippen molar-refractivity contribution >= 4 is 5.84 Å². The number of likely N-dealkylation sites (tertiary alicyclic amines) is 1. The lowest BCUT2D eigenvalue weighted by atomic mass is 10.1. The normalized spacial score (nSPS) is 17.9. The fraction of sp³-hybridized carbons (Fsp3) is 0.462. The van der Waals surface area contributed by atoms with Crippen LogP contribution >= 0.6 is 0 Å². The number of rotatable bonds is 3. The molecule has 0 unspecified atom stereocenters. The molecule has 1 aliphatic rings. The predicted octanol–water partition coefficient (Wildman–Crippen LogP) is 1.31. The van der Waals surface area contributed by atoms with Gasteiger partial charge in [-0.25, -0.2) is 19.6 Å². The summed E-state index contributed by atoms with van der Waals surface area (Å²) in [4.78, 5) is 5.73. The number of halogens is 2. The van der Waals surface area contributed by atoms with Crippen LogP contribution in [-0.4, -0.2) is 46.4 Å². The third kappa shape index (κ3) is 2.82. The molecule has 20 heavy (non-hydrogen) atoms. The Kier molecular flexibility index (Phi) is 3.56. The number of aryl methyl sites for hydroxylation is 2. The lowest BCUT2D eigenvalue weighted by Gasteiger charge is -2.40. The maximum Gasteiger partial charge on any atom is 0.282 e. The van der Waals surface area contributed by atoms with Gasteiger partial charge in [-0.1, -0.05) is 6.58 Å². The molecule has 0 atom stereocenters. The van der Waals surface area contributed by atoms with Crippen molar-refractivity contribution in [1.82, 2.24) is 14.5 Å². The molecule has 1 saturated heterocycles. The Balaban J connectivity index is 2.23. The Morgan fingerprint density at radius 3 is 2.50 bits per heavy atom. The molecule has 0 spiro atoms. The third-order valence-corrected chi connectivity index (χ3v) is 3.15. The molecule has 2 heterocycles. The van der Waals surface area contributed by atoms with E-state index in [2.05, 4.69) is 11.6 Å². The number of hydrazine groups is 1. The molecule has 1 aliphatic heterocycles. The number of amidine groups is 1. The Labute approximate surface area is 116 Å². The Morgan fingerprint density at radius 2 is 2.10 bits per heavy atom. The SMILES string of the molecule is C=C(/N=C(\c1cc(C)cn1C)N(C)N)N1CC(F)(F)C1. The quantitative estimate of drug-likeness (QED) is 0.394.